The van der Waals surface area contributed by atoms with Crippen molar-refractivity contribution in [2.45, 2.75) is 17.8 Å². The highest BCUT2D eigenvalue weighted by Gasteiger charge is 2.33. The SMILES string of the molecule is O=S(=O)(NCc1cc[nH]c1)c1ccccc1OC(F)(F)F. The molecule has 1 aromatic heterocycles. The van der Waals surface area contributed by atoms with E-state index in [1.54, 1.807) is 18.5 Å². The van der Waals surface area contributed by atoms with E-state index in [2.05, 4.69) is 14.4 Å². The zero-order chi connectivity index (χ0) is 15.5. The third-order valence-electron chi connectivity index (χ3n) is 2.49. The van der Waals surface area contributed by atoms with Gasteiger partial charge in [0.1, 0.15) is 10.6 Å². The second-order valence-corrected chi connectivity index (χ2v) is 5.77. The van der Waals surface area contributed by atoms with Gasteiger partial charge in [0.15, 0.2) is 0 Å². The van der Waals surface area contributed by atoms with Crippen LogP contribution in [-0.4, -0.2) is 19.8 Å². The molecule has 21 heavy (non-hydrogen) atoms. The summed E-state index contributed by atoms with van der Waals surface area (Å²) in [5.41, 5.74) is 0.646. The molecule has 0 radical (unpaired) electrons. The lowest BCUT2D eigenvalue weighted by atomic mass is 10.3. The van der Waals surface area contributed by atoms with Crippen molar-refractivity contribution >= 4 is 10.0 Å². The molecule has 0 bridgehead atoms. The van der Waals surface area contributed by atoms with Gasteiger partial charge in [-0.3, -0.25) is 0 Å². The molecule has 0 amide bonds. The summed E-state index contributed by atoms with van der Waals surface area (Å²) in [5, 5.41) is 0. The van der Waals surface area contributed by atoms with Crippen LogP contribution in [-0.2, 0) is 16.6 Å². The molecule has 0 saturated carbocycles. The summed E-state index contributed by atoms with van der Waals surface area (Å²) in [4.78, 5) is 2.17. The molecule has 2 rings (SSSR count). The summed E-state index contributed by atoms with van der Waals surface area (Å²) in [6.45, 7) is -0.0494. The van der Waals surface area contributed by atoms with Crippen LogP contribution in [0, 0.1) is 0 Å². The summed E-state index contributed by atoms with van der Waals surface area (Å²) < 4.78 is 66.9. The lowest BCUT2D eigenvalue weighted by Crippen LogP contribution is -2.25. The van der Waals surface area contributed by atoms with E-state index in [0.717, 1.165) is 12.1 Å². The first-order valence-corrected chi connectivity index (χ1v) is 7.22. The Labute approximate surface area is 118 Å². The van der Waals surface area contributed by atoms with E-state index in [9.17, 15) is 21.6 Å². The lowest BCUT2D eigenvalue weighted by Gasteiger charge is -2.13. The molecule has 1 aromatic carbocycles. The van der Waals surface area contributed by atoms with Gasteiger partial charge in [-0.25, -0.2) is 13.1 Å². The van der Waals surface area contributed by atoms with Crippen LogP contribution in [0.25, 0.3) is 0 Å². The number of sulfonamides is 1. The fourth-order valence-electron chi connectivity index (χ4n) is 1.61. The van der Waals surface area contributed by atoms with Gasteiger partial charge >= 0.3 is 6.36 Å². The molecule has 0 spiro atoms. The molecule has 0 unspecified atom stereocenters. The average Bonchev–Trinajstić information content (AvgIpc) is 2.88. The second-order valence-electron chi connectivity index (χ2n) is 4.04. The normalized spacial score (nSPS) is 12.3. The van der Waals surface area contributed by atoms with Crippen molar-refractivity contribution in [3.8, 4) is 5.75 Å². The standard InChI is InChI=1S/C12H11F3N2O3S/c13-12(14,15)20-10-3-1-2-4-11(10)21(18,19)17-8-9-5-6-16-7-9/h1-7,16-17H,8H2. The van der Waals surface area contributed by atoms with Crippen LogP contribution in [0.5, 0.6) is 5.75 Å². The van der Waals surface area contributed by atoms with Crippen LogP contribution in [0.2, 0.25) is 0 Å². The lowest BCUT2D eigenvalue weighted by molar-refractivity contribution is -0.275. The largest absolute Gasteiger partial charge is 0.573 e. The molecule has 1 heterocycles. The molecular weight excluding hydrogens is 309 g/mol. The summed E-state index contributed by atoms with van der Waals surface area (Å²) >= 11 is 0. The van der Waals surface area contributed by atoms with E-state index < -0.39 is 27.0 Å². The summed E-state index contributed by atoms with van der Waals surface area (Å²) in [6.07, 6.45) is -1.79. The van der Waals surface area contributed by atoms with Gasteiger partial charge in [-0.15, -0.1) is 13.2 Å². The first-order chi connectivity index (χ1) is 9.78. The van der Waals surface area contributed by atoms with Crippen molar-refractivity contribution in [3.05, 3.63) is 48.3 Å². The number of hydrogen-bond acceptors (Lipinski definition) is 3. The van der Waals surface area contributed by atoms with Crippen molar-refractivity contribution in [1.82, 2.24) is 9.71 Å². The molecule has 0 aliphatic carbocycles. The Morgan fingerprint density at radius 3 is 2.52 bits per heavy atom. The quantitative estimate of drug-likeness (QED) is 0.888. The number of halogens is 3. The third kappa shape index (κ3) is 4.23. The Morgan fingerprint density at radius 1 is 1.19 bits per heavy atom. The van der Waals surface area contributed by atoms with E-state index >= 15 is 0 Å². The van der Waals surface area contributed by atoms with Gasteiger partial charge in [-0.05, 0) is 23.8 Å². The summed E-state index contributed by atoms with van der Waals surface area (Å²) in [6, 6.07) is 6.19. The maximum Gasteiger partial charge on any atom is 0.573 e. The van der Waals surface area contributed by atoms with E-state index in [4.69, 9.17) is 0 Å². The number of alkyl halides is 3. The minimum absolute atomic E-state index is 0.0494. The number of rotatable bonds is 5. The number of aromatic amines is 1. The minimum Gasteiger partial charge on any atom is -0.404 e. The van der Waals surface area contributed by atoms with Gasteiger partial charge in [-0.2, -0.15) is 0 Å². The number of H-pyrrole nitrogens is 1. The monoisotopic (exact) mass is 320 g/mol. The van der Waals surface area contributed by atoms with Crippen molar-refractivity contribution < 1.29 is 26.3 Å². The molecule has 0 atom stereocenters. The van der Waals surface area contributed by atoms with Crippen molar-refractivity contribution in [2.24, 2.45) is 0 Å². The Balaban J connectivity index is 2.23. The average molecular weight is 320 g/mol. The van der Waals surface area contributed by atoms with Crippen LogP contribution in [0.3, 0.4) is 0 Å². The number of aromatic nitrogens is 1. The van der Waals surface area contributed by atoms with Gasteiger partial charge in [0.25, 0.3) is 0 Å². The molecule has 9 heteroatoms. The molecule has 114 valence electrons. The Kier molecular flexibility index (Phi) is 4.24. The smallest absolute Gasteiger partial charge is 0.404 e. The predicted octanol–water partition coefficient (Wildman–Crippen LogP) is 2.39. The minimum atomic E-state index is -4.97. The Hall–Kier alpha value is -2.00. The number of nitrogens with one attached hydrogen (secondary N) is 2. The van der Waals surface area contributed by atoms with E-state index in [-0.39, 0.29) is 6.54 Å². The maximum atomic E-state index is 12.3. The first kappa shape index (κ1) is 15.4. The van der Waals surface area contributed by atoms with Crippen LogP contribution < -0.4 is 9.46 Å². The summed E-state index contributed by atoms with van der Waals surface area (Å²) in [7, 11) is -4.13. The Bertz CT molecular complexity index is 697. The molecule has 0 aliphatic rings. The van der Waals surface area contributed by atoms with Gasteiger partial charge in [0.05, 0.1) is 0 Å². The highest BCUT2D eigenvalue weighted by Crippen LogP contribution is 2.29. The zero-order valence-corrected chi connectivity index (χ0v) is 11.3. The molecular formula is C12H11F3N2O3S. The van der Waals surface area contributed by atoms with Crippen molar-refractivity contribution in [1.29, 1.82) is 0 Å². The topological polar surface area (TPSA) is 71.2 Å². The van der Waals surface area contributed by atoms with Gasteiger partial charge in [0, 0.05) is 18.9 Å². The van der Waals surface area contributed by atoms with Crippen LogP contribution in [0.4, 0.5) is 13.2 Å². The highest BCUT2D eigenvalue weighted by molar-refractivity contribution is 7.89. The van der Waals surface area contributed by atoms with Crippen LogP contribution >= 0.6 is 0 Å². The van der Waals surface area contributed by atoms with Gasteiger partial charge in [-0.1, -0.05) is 12.1 Å². The molecule has 0 saturated heterocycles. The van der Waals surface area contributed by atoms with Crippen LogP contribution in [0.1, 0.15) is 5.56 Å². The summed E-state index contributed by atoms with van der Waals surface area (Å²) in [5.74, 6) is -0.772. The number of para-hydroxylation sites is 1. The zero-order valence-electron chi connectivity index (χ0n) is 10.5. The predicted molar refractivity (Wildman–Crippen MR) is 67.9 cm³/mol. The van der Waals surface area contributed by atoms with Gasteiger partial charge in [0.2, 0.25) is 10.0 Å². The second kappa shape index (κ2) is 5.78. The van der Waals surface area contributed by atoms with Crippen LogP contribution in [0.15, 0.2) is 47.6 Å². The fraction of sp³-hybridized carbons (Fsp3) is 0.167. The molecule has 0 fully saturated rings. The molecule has 2 aromatic rings. The number of hydrogen-bond donors (Lipinski definition) is 2. The van der Waals surface area contributed by atoms with E-state index in [1.807, 2.05) is 0 Å². The number of ether oxygens (including phenoxy) is 1. The number of benzene rings is 1. The van der Waals surface area contributed by atoms with E-state index in [1.165, 1.54) is 12.1 Å². The third-order valence-corrected chi connectivity index (χ3v) is 3.93. The maximum absolute atomic E-state index is 12.3. The van der Waals surface area contributed by atoms with E-state index in [0.29, 0.717) is 5.56 Å². The Morgan fingerprint density at radius 2 is 1.90 bits per heavy atom. The van der Waals surface area contributed by atoms with Gasteiger partial charge < -0.3 is 9.72 Å². The van der Waals surface area contributed by atoms with Crippen molar-refractivity contribution in [2.75, 3.05) is 0 Å². The molecule has 5 nitrogen and oxygen atoms in total. The molecule has 0 aliphatic heterocycles. The highest BCUT2D eigenvalue weighted by atomic mass is 32.2. The molecule has 2 N–H and O–H groups in total. The van der Waals surface area contributed by atoms with Crippen molar-refractivity contribution in [3.63, 3.8) is 0 Å². The first-order valence-electron chi connectivity index (χ1n) is 5.74. The fourth-order valence-corrected chi connectivity index (χ4v) is 2.75.